The predicted octanol–water partition coefficient (Wildman–Crippen LogP) is 1.69. The lowest BCUT2D eigenvalue weighted by Crippen LogP contribution is -2.17. The summed E-state index contributed by atoms with van der Waals surface area (Å²) in [6.45, 7) is 7.22. The second-order valence-electron chi connectivity index (χ2n) is 5.42. The Morgan fingerprint density at radius 3 is 2.08 bits per heavy atom. The van der Waals surface area contributed by atoms with Crippen molar-refractivity contribution in [3.05, 3.63) is 17.5 Å². The van der Waals surface area contributed by atoms with E-state index < -0.39 is 10.0 Å². The molecule has 24 heavy (non-hydrogen) atoms. The van der Waals surface area contributed by atoms with Gasteiger partial charge < -0.3 is 9.47 Å². The fourth-order valence-electron chi connectivity index (χ4n) is 2.37. The van der Waals surface area contributed by atoms with E-state index in [1.807, 2.05) is 13.8 Å². The molecule has 10 heteroatoms. The molecule has 0 unspecified atom stereocenters. The van der Waals surface area contributed by atoms with Gasteiger partial charge in [-0.2, -0.15) is 15.1 Å². The van der Waals surface area contributed by atoms with Gasteiger partial charge in [0.2, 0.25) is 17.7 Å². The molecule has 0 aliphatic carbocycles. The molecule has 9 nitrogen and oxygen atoms in total. The molecule has 2 rings (SSSR count). The first-order valence-corrected chi connectivity index (χ1v) is 8.73. The fourth-order valence-corrected chi connectivity index (χ4v) is 3.72. The molecule has 0 atom stereocenters. The second kappa shape index (κ2) is 6.63. The number of sulfonamides is 1. The summed E-state index contributed by atoms with van der Waals surface area (Å²) in [5, 5.41) is 4.29. The van der Waals surface area contributed by atoms with E-state index in [-0.39, 0.29) is 28.6 Å². The van der Waals surface area contributed by atoms with Gasteiger partial charge in [-0.1, -0.05) is 0 Å². The van der Waals surface area contributed by atoms with Crippen LogP contribution in [0.5, 0.6) is 11.8 Å². The van der Waals surface area contributed by atoms with Gasteiger partial charge in [0.1, 0.15) is 4.90 Å². The van der Waals surface area contributed by atoms with Crippen LogP contribution in [0.4, 0.5) is 5.95 Å². The van der Waals surface area contributed by atoms with Gasteiger partial charge in [0.15, 0.2) is 0 Å². The summed E-state index contributed by atoms with van der Waals surface area (Å²) in [7, 11) is -1.07. The Labute approximate surface area is 141 Å². The number of methoxy groups -OCH3 is 2. The topological polar surface area (TPSA) is 108 Å². The molecular weight excluding hydrogens is 334 g/mol. The summed E-state index contributed by atoms with van der Waals surface area (Å²) in [5.74, 6) is 0.235. The van der Waals surface area contributed by atoms with E-state index >= 15 is 0 Å². The number of rotatable bonds is 6. The quantitative estimate of drug-likeness (QED) is 0.840. The number of nitrogens with zero attached hydrogens (tertiary/aromatic N) is 4. The highest BCUT2D eigenvalue weighted by Gasteiger charge is 2.26. The SMILES string of the molecule is COc1cc(OC)nc(NS(=O)(=O)c2c(C)nn(C(C)C)c2C)n1. The molecule has 0 spiro atoms. The van der Waals surface area contributed by atoms with Crippen molar-refractivity contribution in [3.63, 3.8) is 0 Å². The molecule has 0 fully saturated rings. The van der Waals surface area contributed by atoms with Crippen molar-refractivity contribution in [1.82, 2.24) is 19.7 Å². The van der Waals surface area contributed by atoms with Crippen molar-refractivity contribution in [2.45, 2.75) is 38.6 Å². The Balaban J connectivity index is 2.46. The third-order valence-electron chi connectivity index (χ3n) is 3.34. The average Bonchev–Trinajstić information content (AvgIpc) is 2.81. The summed E-state index contributed by atoms with van der Waals surface area (Å²) < 4.78 is 39.6. The molecular formula is C14H21N5O4S. The lowest BCUT2D eigenvalue weighted by Gasteiger charge is -2.11. The normalized spacial score (nSPS) is 11.6. The molecule has 132 valence electrons. The first-order valence-electron chi connectivity index (χ1n) is 7.25. The molecule has 0 bridgehead atoms. The van der Waals surface area contributed by atoms with Crippen LogP contribution < -0.4 is 14.2 Å². The molecule has 0 aromatic carbocycles. The Morgan fingerprint density at radius 1 is 1.12 bits per heavy atom. The largest absolute Gasteiger partial charge is 0.481 e. The van der Waals surface area contributed by atoms with Crippen molar-refractivity contribution in [1.29, 1.82) is 0 Å². The van der Waals surface area contributed by atoms with E-state index in [1.54, 1.807) is 18.5 Å². The maximum Gasteiger partial charge on any atom is 0.267 e. The van der Waals surface area contributed by atoms with E-state index in [1.165, 1.54) is 20.3 Å². The molecule has 0 saturated heterocycles. The number of anilines is 1. The molecule has 2 aromatic heterocycles. The summed E-state index contributed by atoms with van der Waals surface area (Å²) >= 11 is 0. The van der Waals surface area contributed by atoms with Gasteiger partial charge in [-0.25, -0.2) is 13.1 Å². The molecule has 0 aliphatic heterocycles. The highest BCUT2D eigenvalue weighted by atomic mass is 32.2. The highest BCUT2D eigenvalue weighted by molar-refractivity contribution is 7.92. The number of hydrogen-bond donors (Lipinski definition) is 1. The third kappa shape index (κ3) is 3.42. The Bertz CT molecular complexity index is 823. The van der Waals surface area contributed by atoms with Crippen LogP contribution >= 0.6 is 0 Å². The van der Waals surface area contributed by atoms with Crippen LogP contribution in [0.15, 0.2) is 11.0 Å². The zero-order valence-corrected chi connectivity index (χ0v) is 15.3. The predicted molar refractivity (Wildman–Crippen MR) is 88.0 cm³/mol. The monoisotopic (exact) mass is 355 g/mol. The van der Waals surface area contributed by atoms with Crippen molar-refractivity contribution >= 4 is 16.0 Å². The van der Waals surface area contributed by atoms with Gasteiger partial charge >= 0.3 is 0 Å². The number of aryl methyl sites for hydroxylation is 1. The molecule has 2 heterocycles. The zero-order valence-electron chi connectivity index (χ0n) is 14.5. The van der Waals surface area contributed by atoms with Gasteiger partial charge in [-0.15, -0.1) is 0 Å². The Morgan fingerprint density at radius 2 is 1.67 bits per heavy atom. The minimum absolute atomic E-state index is 0.0424. The molecule has 2 aromatic rings. The minimum atomic E-state index is -3.91. The maximum absolute atomic E-state index is 12.8. The van der Waals surface area contributed by atoms with E-state index in [4.69, 9.17) is 9.47 Å². The van der Waals surface area contributed by atoms with Crippen LogP contribution in [0.3, 0.4) is 0 Å². The van der Waals surface area contributed by atoms with Gasteiger partial charge in [0.25, 0.3) is 10.0 Å². The smallest absolute Gasteiger partial charge is 0.267 e. The lowest BCUT2D eigenvalue weighted by atomic mass is 10.3. The van der Waals surface area contributed by atoms with E-state index in [0.717, 1.165) is 0 Å². The average molecular weight is 355 g/mol. The second-order valence-corrected chi connectivity index (χ2v) is 7.04. The van der Waals surface area contributed by atoms with Crippen LogP contribution in [0.1, 0.15) is 31.3 Å². The van der Waals surface area contributed by atoms with Crippen LogP contribution in [-0.4, -0.2) is 42.4 Å². The van der Waals surface area contributed by atoms with Crippen molar-refractivity contribution in [2.24, 2.45) is 0 Å². The van der Waals surface area contributed by atoms with Crippen molar-refractivity contribution in [3.8, 4) is 11.8 Å². The van der Waals surface area contributed by atoms with Crippen LogP contribution in [0, 0.1) is 13.8 Å². The number of nitrogens with one attached hydrogen (secondary N) is 1. The van der Waals surface area contributed by atoms with Crippen LogP contribution in [0.25, 0.3) is 0 Å². The van der Waals surface area contributed by atoms with Gasteiger partial charge in [0, 0.05) is 6.04 Å². The Kier molecular flexibility index (Phi) is 4.97. The van der Waals surface area contributed by atoms with E-state index in [0.29, 0.717) is 11.4 Å². The van der Waals surface area contributed by atoms with E-state index in [2.05, 4.69) is 19.8 Å². The molecule has 0 amide bonds. The van der Waals surface area contributed by atoms with Gasteiger partial charge in [0.05, 0.1) is 31.7 Å². The number of aromatic nitrogens is 4. The number of hydrogen-bond acceptors (Lipinski definition) is 7. The maximum atomic E-state index is 12.8. The third-order valence-corrected chi connectivity index (χ3v) is 4.92. The standard InChI is InChI=1S/C14H21N5O4S/c1-8(2)19-10(4)13(9(3)17-19)24(20,21)18-14-15-11(22-5)7-12(16-14)23-6/h7-8H,1-6H3,(H,15,16,18). The van der Waals surface area contributed by atoms with Crippen LogP contribution in [-0.2, 0) is 10.0 Å². The summed E-state index contributed by atoms with van der Waals surface area (Å²) in [4.78, 5) is 8.07. The molecule has 0 aliphatic rings. The highest BCUT2D eigenvalue weighted by Crippen LogP contribution is 2.25. The fraction of sp³-hybridized carbons (Fsp3) is 0.500. The zero-order chi connectivity index (χ0) is 18.1. The van der Waals surface area contributed by atoms with Gasteiger partial charge in [-0.05, 0) is 27.7 Å². The molecule has 0 saturated carbocycles. The van der Waals surface area contributed by atoms with Gasteiger partial charge in [-0.3, -0.25) is 4.68 Å². The minimum Gasteiger partial charge on any atom is -0.481 e. The van der Waals surface area contributed by atoms with Crippen molar-refractivity contribution in [2.75, 3.05) is 18.9 Å². The van der Waals surface area contributed by atoms with Crippen LogP contribution in [0.2, 0.25) is 0 Å². The Hall–Kier alpha value is -2.36. The summed E-state index contributed by atoms with van der Waals surface area (Å²) in [5.41, 5.74) is 0.952. The molecule has 0 radical (unpaired) electrons. The lowest BCUT2D eigenvalue weighted by molar-refractivity contribution is 0.373. The summed E-state index contributed by atoms with van der Waals surface area (Å²) in [6, 6.07) is 1.49. The first kappa shape index (κ1) is 18.0. The molecule has 1 N–H and O–H groups in total. The first-order chi connectivity index (χ1) is 11.2. The summed E-state index contributed by atoms with van der Waals surface area (Å²) in [6.07, 6.45) is 0. The van der Waals surface area contributed by atoms with E-state index in [9.17, 15) is 8.42 Å². The number of ether oxygens (including phenoxy) is 2. The van der Waals surface area contributed by atoms with Crippen molar-refractivity contribution < 1.29 is 17.9 Å².